The second-order valence-corrected chi connectivity index (χ2v) is 6.78. The Kier molecular flexibility index (Phi) is 6.38. The predicted molar refractivity (Wildman–Crippen MR) is 101 cm³/mol. The second-order valence-electron chi connectivity index (χ2n) is 6.78. The Bertz CT molecular complexity index is 669. The summed E-state index contributed by atoms with van der Waals surface area (Å²) in [6.45, 7) is 15.3. The number of hydrogen-bond acceptors (Lipinski definition) is 6. The van der Waals surface area contributed by atoms with Crippen molar-refractivity contribution in [2.45, 2.75) is 26.4 Å². The molecule has 1 aromatic heterocycles. The highest BCUT2D eigenvalue weighted by Gasteiger charge is 2.26. The van der Waals surface area contributed by atoms with Crippen molar-refractivity contribution in [1.82, 2.24) is 14.9 Å². The van der Waals surface area contributed by atoms with Gasteiger partial charge in [0.05, 0.1) is 12.4 Å². The highest BCUT2D eigenvalue weighted by Crippen LogP contribution is 2.17. The summed E-state index contributed by atoms with van der Waals surface area (Å²) in [7, 11) is 0. The van der Waals surface area contributed by atoms with Gasteiger partial charge in [-0.1, -0.05) is 19.2 Å². The molecule has 1 aliphatic heterocycles. The molecule has 1 aromatic rings. The van der Waals surface area contributed by atoms with Gasteiger partial charge in [0.15, 0.2) is 5.75 Å². The lowest BCUT2D eigenvalue weighted by Gasteiger charge is -2.35. The van der Waals surface area contributed by atoms with Crippen LogP contribution in [0, 0.1) is 0 Å². The topological polar surface area (TPSA) is 67.8 Å². The molecule has 0 N–H and O–H groups in total. The molecule has 7 nitrogen and oxygen atoms in total. The predicted octanol–water partition coefficient (Wildman–Crippen LogP) is 3.17. The van der Waals surface area contributed by atoms with E-state index in [4.69, 9.17) is 9.47 Å². The normalized spacial score (nSPS) is 15.4. The van der Waals surface area contributed by atoms with Crippen LogP contribution in [-0.2, 0) is 4.74 Å². The molecule has 2 rings (SSSR count). The number of anilines is 1. The van der Waals surface area contributed by atoms with Crippen molar-refractivity contribution in [2.24, 2.45) is 0 Å². The molecular formula is C19H26N4O3. The molecule has 0 atom stereocenters. The Balaban J connectivity index is 1.91. The third-order valence-corrected chi connectivity index (χ3v) is 3.55. The number of aromatic nitrogens is 2. The molecular weight excluding hydrogens is 332 g/mol. The Hall–Kier alpha value is -2.83. The van der Waals surface area contributed by atoms with Crippen molar-refractivity contribution >= 4 is 12.0 Å². The van der Waals surface area contributed by atoms with Gasteiger partial charge in [-0.15, -0.1) is 0 Å². The summed E-state index contributed by atoms with van der Waals surface area (Å²) in [6.07, 6.45) is 7.86. The SMILES string of the molecule is C=C/C=C(\C=C)Oc1cnc(N2CCN(C(=O)OC(C)(C)C)CC2)nc1. The number of carbonyl (C=O) groups excluding carboxylic acids is 1. The molecule has 1 saturated heterocycles. The van der Waals surface area contributed by atoms with E-state index in [0.29, 0.717) is 43.6 Å². The second kappa shape index (κ2) is 8.51. The van der Waals surface area contributed by atoms with Crippen LogP contribution in [0.5, 0.6) is 5.75 Å². The standard InChI is InChI=1S/C19H26N4O3/c1-6-8-15(7-2)25-16-13-20-17(21-14-16)22-9-11-23(12-10-22)18(24)26-19(3,4)5/h6-8,13-14H,1-2,9-12H2,3-5H3/b15-8+. The van der Waals surface area contributed by atoms with Crippen LogP contribution < -0.4 is 9.64 Å². The Morgan fingerprint density at radius 3 is 2.27 bits per heavy atom. The quantitative estimate of drug-likeness (QED) is 0.595. The molecule has 1 fully saturated rings. The van der Waals surface area contributed by atoms with Gasteiger partial charge in [0.1, 0.15) is 11.4 Å². The average molecular weight is 358 g/mol. The van der Waals surface area contributed by atoms with Crippen LogP contribution in [-0.4, -0.2) is 52.7 Å². The van der Waals surface area contributed by atoms with Gasteiger partial charge in [-0.3, -0.25) is 0 Å². The third kappa shape index (κ3) is 5.61. The largest absolute Gasteiger partial charge is 0.454 e. The van der Waals surface area contributed by atoms with Crippen LogP contribution in [0.25, 0.3) is 0 Å². The maximum atomic E-state index is 12.1. The zero-order chi connectivity index (χ0) is 19.2. The highest BCUT2D eigenvalue weighted by atomic mass is 16.6. The Labute approximate surface area is 154 Å². The smallest absolute Gasteiger partial charge is 0.410 e. The molecule has 0 spiro atoms. The van der Waals surface area contributed by atoms with Gasteiger partial charge in [-0.25, -0.2) is 14.8 Å². The number of nitrogens with zero attached hydrogens (tertiary/aromatic N) is 4. The maximum absolute atomic E-state index is 12.1. The van der Waals surface area contributed by atoms with Gasteiger partial charge < -0.3 is 19.3 Å². The van der Waals surface area contributed by atoms with Crippen molar-refractivity contribution < 1.29 is 14.3 Å². The molecule has 0 radical (unpaired) electrons. The maximum Gasteiger partial charge on any atom is 0.410 e. The number of carbonyl (C=O) groups is 1. The van der Waals surface area contributed by atoms with Crippen molar-refractivity contribution in [3.63, 3.8) is 0 Å². The fourth-order valence-electron chi connectivity index (χ4n) is 2.34. The van der Waals surface area contributed by atoms with Gasteiger partial charge in [-0.2, -0.15) is 0 Å². The van der Waals surface area contributed by atoms with E-state index in [0.717, 1.165) is 0 Å². The van der Waals surface area contributed by atoms with Crippen LogP contribution in [0.15, 0.2) is 49.5 Å². The number of amides is 1. The van der Waals surface area contributed by atoms with Crippen LogP contribution in [0.4, 0.5) is 10.7 Å². The van der Waals surface area contributed by atoms with E-state index < -0.39 is 5.60 Å². The monoisotopic (exact) mass is 358 g/mol. The Morgan fingerprint density at radius 2 is 1.77 bits per heavy atom. The molecule has 7 heteroatoms. The minimum absolute atomic E-state index is 0.284. The Morgan fingerprint density at radius 1 is 1.15 bits per heavy atom. The lowest BCUT2D eigenvalue weighted by molar-refractivity contribution is 0.0240. The molecule has 0 bridgehead atoms. The zero-order valence-corrected chi connectivity index (χ0v) is 15.6. The fraction of sp³-hybridized carbons (Fsp3) is 0.421. The molecule has 0 saturated carbocycles. The summed E-state index contributed by atoms with van der Waals surface area (Å²) in [4.78, 5) is 24.5. The fourth-order valence-corrected chi connectivity index (χ4v) is 2.34. The first kappa shape index (κ1) is 19.5. The average Bonchev–Trinajstić information content (AvgIpc) is 2.60. The summed E-state index contributed by atoms with van der Waals surface area (Å²) >= 11 is 0. The van der Waals surface area contributed by atoms with Gasteiger partial charge in [0.2, 0.25) is 5.95 Å². The van der Waals surface area contributed by atoms with Crippen LogP contribution >= 0.6 is 0 Å². The number of ether oxygens (including phenoxy) is 2. The minimum atomic E-state index is -0.489. The van der Waals surface area contributed by atoms with Crippen molar-refractivity contribution in [1.29, 1.82) is 0 Å². The first-order valence-electron chi connectivity index (χ1n) is 8.50. The summed E-state index contributed by atoms with van der Waals surface area (Å²) in [5, 5.41) is 0. The molecule has 140 valence electrons. The van der Waals surface area contributed by atoms with Crippen molar-refractivity contribution in [3.8, 4) is 5.75 Å². The lowest BCUT2D eigenvalue weighted by Crippen LogP contribution is -2.50. The third-order valence-electron chi connectivity index (χ3n) is 3.55. The van der Waals surface area contributed by atoms with Crippen molar-refractivity contribution in [2.75, 3.05) is 31.1 Å². The van der Waals surface area contributed by atoms with Crippen LogP contribution in [0.2, 0.25) is 0 Å². The molecule has 2 heterocycles. The summed E-state index contributed by atoms with van der Waals surface area (Å²) in [5.41, 5.74) is -0.489. The molecule has 26 heavy (non-hydrogen) atoms. The zero-order valence-electron chi connectivity index (χ0n) is 15.6. The number of allylic oxidation sites excluding steroid dienone is 3. The molecule has 1 amide bonds. The molecule has 0 aliphatic carbocycles. The van der Waals surface area contributed by atoms with E-state index in [1.54, 1.807) is 35.5 Å². The first-order valence-corrected chi connectivity index (χ1v) is 8.50. The van der Waals surface area contributed by atoms with Crippen LogP contribution in [0.1, 0.15) is 20.8 Å². The van der Waals surface area contributed by atoms with Crippen molar-refractivity contribution in [3.05, 3.63) is 49.5 Å². The lowest BCUT2D eigenvalue weighted by atomic mass is 10.2. The van der Waals surface area contributed by atoms with Gasteiger partial charge in [0.25, 0.3) is 0 Å². The minimum Gasteiger partial charge on any atom is -0.454 e. The number of piperazine rings is 1. The summed E-state index contributed by atoms with van der Waals surface area (Å²) in [5.74, 6) is 1.70. The number of rotatable bonds is 5. The van der Waals surface area contributed by atoms with E-state index >= 15 is 0 Å². The van der Waals surface area contributed by atoms with Crippen LogP contribution in [0.3, 0.4) is 0 Å². The van der Waals surface area contributed by atoms with E-state index in [1.807, 2.05) is 25.7 Å². The summed E-state index contributed by atoms with van der Waals surface area (Å²) < 4.78 is 11.0. The van der Waals surface area contributed by atoms with E-state index in [2.05, 4.69) is 23.1 Å². The number of hydrogen-bond donors (Lipinski definition) is 0. The molecule has 1 aliphatic rings. The van der Waals surface area contributed by atoms with Gasteiger partial charge in [-0.05, 0) is 32.9 Å². The summed E-state index contributed by atoms with van der Waals surface area (Å²) in [6, 6.07) is 0. The van der Waals surface area contributed by atoms with Gasteiger partial charge in [0, 0.05) is 26.2 Å². The van der Waals surface area contributed by atoms with Gasteiger partial charge >= 0.3 is 6.09 Å². The van der Waals surface area contributed by atoms with E-state index in [1.165, 1.54) is 0 Å². The molecule has 0 unspecified atom stereocenters. The van der Waals surface area contributed by atoms with E-state index in [-0.39, 0.29) is 6.09 Å². The van der Waals surface area contributed by atoms with E-state index in [9.17, 15) is 4.79 Å². The molecule has 0 aromatic carbocycles. The highest BCUT2D eigenvalue weighted by molar-refractivity contribution is 5.68. The first-order chi connectivity index (χ1) is 12.3.